The number of hydrogen-bond acceptors (Lipinski definition) is 4. The van der Waals surface area contributed by atoms with E-state index in [0.29, 0.717) is 37.8 Å². The third-order valence-electron chi connectivity index (χ3n) is 7.49. The Labute approximate surface area is 220 Å². The normalized spacial score (nSPS) is 21.7. The zero-order valence-corrected chi connectivity index (χ0v) is 21.9. The third-order valence-corrected chi connectivity index (χ3v) is 7.49. The first-order valence-corrected chi connectivity index (χ1v) is 13.6. The monoisotopic (exact) mass is 532 g/mol. The molecular formula is C27H35F3N6O2. The average Bonchev–Trinajstić information content (AvgIpc) is 3.43. The fourth-order valence-corrected chi connectivity index (χ4v) is 5.19. The number of urea groups is 1. The summed E-state index contributed by atoms with van der Waals surface area (Å²) < 4.78 is 48.8. The number of aromatic nitrogens is 4. The van der Waals surface area contributed by atoms with Crippen LogP contribution in [0.1, 0.15) is 88.6 Å². The summed E-state index contributed by atoms with van der Waals surface area (Å²) in [5.74, 6) is 1.02. The van der Waals surface area contributed by atoms with Crippen molar-refractivity contribution >= 4 is 11.5 Å². The zero-order valence-electron chi connectivity index (χ0n) is 21.9. The SMILES string of the molecule is CCN1C(=O)NC(CCC(F)(F)F)CCCCCOc2cc(cc3ccnn23)-n2nc(cc2C2CC2)C1C. The smallest absolute Gasteiger partial charge is 0.389 e. The van der Waals surface area contributed by atoms with Gasteiger partial charge in [-0.25, -0.2) is 14.0 Å². The van der Waals surface area contributed by atoms with Crippen LogP contribution in [-0.2, 0) is 0 Å². The fraction of sp³-hybridized carbons (Fsp3) is 0.593. The Hall–Kier alpha value is -3.24. The summed E-state index contributed by atoms with van der Waals surface area (Å²) in [6.45, 7) is 4.65. The van der Waals surface area contributed by atoms with E-state index in [2.05, 4.69) is 16.5 Å². The molecule has 2 aliphatic rings. The van der Waals surface area contributed by atoms with Gasteiger partial charge < -0.3 is 15.0 Å². The highest BCUT2D eigenvalue weighted by atomic mass is 19.4. The van der Waals surface area contributed by atoms with Crippen LogP contribution in [0.25, 0.3) is 11.2 Å². The second-order valence-corrected chi connectivity index (χ2v) is 10.4. The van der Waals surface area contributed by atoms with Gasteiger partial charge in [-0.05, 0) is 70.6 Å². The Balaban J connectivity index is 1.50. The largest absolute Gasteiger partial charge is 0.478 e. The fourth-order valence-electron chi connectivity index (χ4n) is 5.19. The molecule has 4 heterocycles. The summed E-state index contributed by atoms with van der Waals surface area (Å²) >= 11 is 0. The quantitative estimate of drug-likeness (QED) is 0.437. The van der Waals surface area contributed by atoms with E-state index in [0.717, 1.165) is 48.3 Å². The Morgan fingerprint density at radius 1 is 1.13 bits per heavy atom. The highest BCUT2D eigenvalue weighted by Gasteiger charge is 2.33. The van der Waals surface area contributed by atoms with Gasteiger partial charge in [0.2, 0.25) is 5.88 Å². The third kappa shape index (κ3) is 5.91. The average molecular weight is 533 g/mol. The van der Waals surface area contributed by atoms with Crippen molar-refractivity contribution in [2.24, 2.45) is 0 Å². The van der Waals surface area contributed by atoms with Crippen LogP contribution < -0.4 is 10.1 Å². The minimum atomic E-state index is -4.26. The molecule has 4 bridgehead atoms. The van der Waals surface area contributed by atoms with Gasteiger partial charge in [0, 0.05) is 36.7 Å². The molecule has 38 heavy (non-hydrogen) atoms. The van der Waals surface area contributed by atoms with E-state index in [1.54, 1.807) is 15.6 Å². The standard InChI is InChI=1S/C27H35F3N6O2/c1-3-34-18(2)23-17-24(19-8-9-19)35(33-23)22-15-21-11-13-31-36(21)25(16-22)38-14-6-4-5-7-20(32-26(34)37)10-12-27(28,29)30/h11,13,15-20H,3-10,12,14H2,1-2H3,(H,32,37). The summed E-state index contributed by atoms with van der Waals surface area (Å²) in [6, 6.07) is 6.69. The van der Waals surface area contributed by atoms with Gasteiger partial charge in [-0.1, -0.05) is 6.42 Å². The Morgan fingerprint density at radius 2 is 1.95 bits per heavy atom. The van der Waals surface area contributed by atoms with E-state index < -0.39 is 18.6 Å². The molecule has 8 nitrogen and oxygen atoms in total. The van der Waals surface area contributed by atoms with E-state index in [9.17, 15) is 18.0 Å². The molecule has 2 unspecified atom stereocenters. The number of ether oxygens (including phenoxy) is 1. The Morgan fingerprint density at radius 3 is 2.68 bits per heavy atom. The number of halogens is 3. The first-order valence-electron chi connectivity index (χ1n) is 13.6. The number of nitrogens with one attached hydrogen (secondary N) is 1. The van der Waals surface area contributed by atoms with Gasteiger partial charge in [-0.3, -0.25) is 0 Å². The number of alkyl halides is 3. The van der Waals surface area contributed by atoms with Gasteiger partial charge in [0.05, 0.1) is 35.7 Å². The maximum atomic E-state index is 13.3. The number of hydrogen-bond donors (Lipinski definition) is 1. The second kappa shape index (κ2) is 10.9. The molecule has 1 aliphatic heterocycles. The maximum absolute atomic E-state index is 13.3. The molecule has 0 spiro atoms. The van der Waals surface area contributed by atoms with Gasteiger partial charge in [-0.2, -0.15) is 23.4 Å². The van der Waals surface area contributed by atoms with Crippen LogP contribution in [0.3, 0.4) is 0 Å². The first-order chi connectivity index (χ1) is 18.2. The van der Waals surface area contributed by atoms with Crippen molar-refractivity contribution in [3.63, 3.8) is 0 Å². The van der Waals surface area contributed by atoms with Gasteiger partial charge in [0.1, 0.15) is 0 Å². The molecule has 1 aliphatic carbocycles. The topological polar surface area (TPSA) is 76.7 Å². The number of carbonyl (C=O) groups excluding carboxylic acids is 1. The van der Waals surface area contributed by atoms with Crippen LogP contribution in [0, 0.1) is 0 Å². The van der Waals surface area contributed by atoms with Crippen LogP contribution in [0.5, 0.6) is 5.88 Å². The first kappa shape index (κ1) is 26.4. The number of pyridine rings is 1. The van der Waals surface area contributed by atoms with Crippen LogP contribution in [0.4, 0.5) is 18.0 Å². The Kier molecular flexibility index (Phi) is 7.54. The molecule has 206 valence electrons. The van der Waals surface area contributed by atoms with Crippen molar-refractivity contribution in [2.45, 2.75) is 89.4 Å². The molecule has 0 radical (unpaired) electrons. The Bertz CT molecular complexity index is 1270. The molecule has 11 heteroatoms. The molecular weight excluding hydrogens is 497 g/mol. The number of fused-ring (bicyclic) bond motifs is 7. The predicted molar refractivity (Wildman–Crippen MR) is 137 cm³/mol. The molecule has 3 aromatic heterocycles. The van der Waals surface area contributed by atoms with Crippen molar-refractivity contribution in [1.82, 2.24) is 29.6 Å². The van der Waals surface area contributed by atoms with Gasteiger partial charge in [-0.15, -0.1) is 0 Å². The van der Waals surface area contributed by atoms with Crippen molar-refractivity contribution < 1.29 is 22.7 Å². The van der Waals surface area contributed by atoms with Crippen LogP contribution in [0.15, 0.2) is 30.5 Å². The molecule has 1 fully saturated rings. The molecule has 2 amide bonds. The zero-order chi connectivity index (χ0) is 26.9. The van der Waals surface area contributed by atoms with Gasteiger partial charge in [0.25, 0.3) is 0 Å². The number of nitrogens with zero attached hydrogens (tertiary/aromatic N) is 5. The molecule has 2 atom stereocenters. The van der Waals surface area contributed by atoms with Crippen molar-refractivity contribution in [2.75, 3.05) is 13.2 Å². The molecule has 1 N–H and O–H groups in total. The van der Waals surface area contributed by atoms with Crippen molar-refractivity contribution in [3.05, 3.63) is 41.9 Å². The summed E-state index contributed by atoms with van der Waals surface area (Å²) in [5, 5.41) is 12.2. The summed E-state index contributed by atoms with van der Waals surface area (Å²) in [6.07, 6.45) is 1.26. The van der Waals surface area contributed by atoms with E-state index in [1.165, 1.54) is 0 Å². The molecule has 5 rings (SSSR count). The van der Waals surface area contributed by atoms with E-state index >= 15 is 0 Å². The minimum absolute atomic E-state index is 0.138. The maximum Gasteiger partial charge on any atom is 0.389 e. The van der Waals surface area contributed by atoms with E-state index in [4.69, 9.17) is 9.84 Å². The second-order valence-electron chi connectivity index (χ2n) is 10.4. The lowest BCUT2D eigenvalue weighted by molar-refractivity contribution is -0.136. The highest BCUT2D eigenvalue weighted by Crippen LogP contribution is 2.42. The summed E-state index contributed by atoms with van der Waals surface area (Å²) in [7, 11) is 0. The van der Waals surface area contributed by atoms with Gasteiger partial charge in [0.15, 0.2) is 0 Å². The van der Waals surface area contributed by atoms with Crippen LogP contribution >= 0.6 is 0 Å². The summed E-state index contributed by atoms with van der Waals surface area (Å²) in [4.78, 5) is 15.0. The summed E-state index contributed by atoms with van der Waals surface area (Å²) in [5.41, 5.74) is 3.60. The van der Waals surface area contributed by atoms with Crippen molar-refractivity contribution in [3.8, 4) is 11.6 Å². The molecule has 3 aromatic rings. The van der Waals surface area contributed by atoms with Gasteiger partial charge >= 0.3 is 12.2 Å². The van der Waals surface area contributed by atoms with Crippen LogP contribution in [0.2, 0.25) is 0 Å². The lowest BCUT2D eigenvalue weighted by atomic mass is 10.0. The minimum Gasteiger partial charge on any atom is -0.478 e. The lowest BCUT2D eigenvalue weighted by Crippen LogP contribution is -2.46. The molecule has 0 saturated heterocycles. The van der Waals surface area contributed by atoms with Crippen LogP contribution in [-0.4, -0.2) is 55.7 Å². The predicted octanol–water partition coefficient (Wildman–Crippen LogP) is 6.15. The molecule has 1 saturated carbocycles. The number of carbonyl (C=O) groups is 1. The van der Waals surface area contributed by atoms with Crippen molar-refractivity contribution in [1.29, 1.82) is 0 Å². The lowest BCUT2D eigenvalue weighted by Gasteiger charge is -2.30. The van der Waals surface area contributed by atoms with E-state index in [1.807, 2.05) is 36.7 Å². The molecule has 0 aromatic carbocycles. The number of rotatable bonds is 4. The highest BCUT2D eigenvalue weighted by molar-refractivity contribution is 5.75. The number of amides is 2. The van der Waals surface area contributed by atoms with E-state index in [-0.39, 0.29) is 18.5 Å².